The number of para-hydroxylation sites is 1. The highest BCUT2D eigenvalue weighted by molar-refractivity contribution is 6.07. The number of carbonyl (C=O) groups excluding carboxylic acids is 1. The Morgan fingerprint density at radius 1 is 1.03 bits per heavy atom. The molecule has 1 aliphatic carbocycles. The Morgan fingerprint density at radius 2 is 1.77 bits per heavy atom. The summed E-state index contributed by atoms with van der Waals surface area (Å²) in [6.07, 6.45) is 8.31. The lowest BCUT2D eigenvalue weighted by atomic mass is 9.94. The van der Waals surface area contributed by atoms with Gasteiger partial charge in [0.2, 0.25) is 5.91 Å². The first-order chi connectivity index (χ1) is 14.6. The second-order valence-corrected chi connectivity index (χ2v) is 8.65. The molecule has 30 heavy (non-hydrogen) atoms. The first-order valence-corrected chi connectivity index (χ1v) is 11.1. The molecule has 0 radical (unpaired) electrons. The number of carbonyl (C=O) groups is 1. The van der Waals surface area contributed by atoms with E-state index in [0.29, 0.717) is 11.6 Å². The number of rotatable bonds is 3. The minimum absolute atomic E-state index is 0.000271. The quantitative estimate of drug-likeness (QED) is 0.669. The smallest absolute Gasteiger partial charge is 0.291 e. The van der Waals surface area contributed by atoms with Gasteiger partial charge in [-0.15, -0.1) is 0 Å². The molecule has 0 spiro atoms. The average molecular weight is 408 g/mol. The molecule has 1 aromatic carbocycles. The fraction of sp³-hybridized carbons (Fsp3) is 0.522. The molecule has 158 valence electrons. The van der Waals surface area contributed by atoms with E-state index in [9.17, 15) is 9.59 Å². The Kier molecular flexibility index (Phi) is 5.06. The van der Waals surface area contributed by atoms with Gasteiger partial charge in [-0.1, -0.05) is 37.5 Å². The molecule has 7 heteroatoms. The Labute approximate surface area is 175 Å². The molecular formula is C23H29N5O2. The molecular weight excluding hydrogens is 378 g/mol. The number of hydrogen-bond donors (Lipinski definition) is 0. The number of piperazine rings is 1. The van der Waals surface area contributed by atoms with Crippen molar-refractivity contribution >= 4 is 27.7 Å². The monoisotopic (exact) mass is 407 g/mol. The van der Waals surface area contributed by atoms with Gasteiger partial charge in [0.25, 0.3) is 5.56 Å². The van der Waals surface area contributed by atoms with Crippen LogP contribution in [-0.2, 0) is 18.4 Å². The molecule has 1 saturated heterocycles. The summed E-state index contributed by atoms with van der Waals surface area (Å²) in [7, 11) is 1.89. The van der Waals surface area contributed by atoms with Gasteiger partial charge in [-0.2, -0.15) is 5.10 Å². The van der Waals surface area contributed by atoms with Crippen molar-refractivity contribution in [2.24, 2.45) is 7.05 Å². The van der Waals surface area contributed by atoms with E-state index in [1.807, 2.05) is 40.8 Å². The van der Waals surface area contributed by atoms with Crippen molar-refractivity contribution in [3.05, 3.63) is 40.8 Å². The summed E-state index contributed by atoms with van der Waals surface area (Å²) < 4.78 is 3.22. The molecule has 3 aromatic rings. The fourth-order valence-electron chi connectivity index (χ4n) is 5.24. The molecule has 1 aliphatic heterocycles. The molecule has 0 unspecified atom stereocenters. The lowest BCUT2D eigenvalue weighted by molar-refractivity contribution is -0.134. The minimum Gasteiger partial charge on any atom is -0.339 e. The summed E-state index contributed by atoms with van der Waals surface area (Å²) in [5.74, 6) is -0.0222. The molecule has 3 heterocycles. The van der Waals surface area contributed by atoms with Crippen LogP contribution in [0.5, 0.6) is 0 Å². The molecule has 7 nitrogen and oxygen atoms in total. The van der Waals surface area contributed by atoms with E-state index in [2.05, 4.69) is 10.00 Å². The van der Waals surface area contributed by atoms with Gasteiger partial charge in [0.05, 0.1) is 6.20 Å². The van der Waals surface area contributed by atoms with Crippen molar-refractivity contribution in [1.29, 1.82) is 0 Å². The third-order valence-electron chi connectivity index (χ3n) is 6.95. The number of fused-ring (bicyclic) bond motifs is 3. The first-order valence-electron chi connectivity index (χ1n) is 11.1. The molecule has 5 rings (SSSR count). The maximum Gasteiger partial charge on any atom is 0.291 e. The zero-order valence-electron chi connectivity index (χ0n) is 17.6. The highest BCUT2D eigenvalue weighted by Gasteiger charge is 2.27. The summed E-state index contributed by atoms with van der Waals surface area (Å²) in [4.78, 5) is 30.4. The van der Waals surface area contributed by atoms with Gasteiger partial charge in [0.1, 0.15) is 12.1 Å². The minimum atomic E-state index is -0.208. The van der Waals surface area contributed by atoms with E-state index in [0.717, 1.165) is 42.5 Å². The van der Waals surface area contributed by atoms with Gasteiger partial charge < -0.3 is 9.47 Å². The summed E-state index contributed by atoms with van der Waals surface area (Å²) in [5, 5.41) is 6.17. The fourth-order valence-corrected chi connectivity index (χ4v) is 5.24. The van der Waals surface area contributed by atoms with Crippen LogP contribution >= 0.6 is 0 Å². The van der Waals surface area contributed by atoms with Crippen molar-refractivity contribution in [1.82, 2.24) is 24.1 Å². The van der Waals surface area contributed by atoms with E-state index in [4.69, 9.17) is 0 Å². The topological polar surface area (TPSA) is 63.4 Å². The lowest BCUT2D eigenvalue weighted by Crippen LogP contribution is -2.53. The molecule has 1 amide bonds. The van der Waals surface area contributed by atoms with E-state index >= 15 is 0 Å². The molecule has 0 bridgehead atoms. The number of amides is 1. The lowest BCUT2D eigenvalue weighted by Gasteiger charge is -2.40. The SMILES string of the molecule is Cn1c2ccccc2c2cnn(CC(=O)N3CCN(C4CCCCC4)CC3)c(=O)c21. The number of aryl methyl sites for hydroxylation is 1. The van der Waals surface area contributed by atoms with Crippen LogP contribution in [0.4, 0.5) is 0 Å². The highest BCUT2D eigenvalue weighted by Crippen LogP contribution is 2.25. The molecule has 0 N–H and O–H groups in total. The third kappa shape index (κ3) is 3.31. The van der Waals surface area contributed by atoms with E-state index in [1.54, 1.807) is 6.20 Å². The maximum absolute atomic E-state index is 13.1. The Morgan fingerprint density at radius 3 is 2.53 bits per heavy atom. The van der Waals surface area contributed by atoms with Crippen LogP contribution in [-0.4, -0.2) is 62.3 Å². The second kappa shape index (κ2) is 7.87. The van der Waals surface area contributed by atoms with Crippen molar-refractivity contribution in [2.75, 3.05) is 26.2 Å². The predicted octanol–water partition coefficient (Wildman–Crippen LogP) is 2.37. The van der Waals surface area contributed by atoms with Crippen LogP contribution in [0.3, 0.4) is 0 Å². The first kappa shape index (κ1) is 19.3. The Hall–Kier alpha value is -2.67. The molecule has 1 saturated carbocycles. The van der Waals surface area contributed by atoms with Crippen LogP contribution in [0.2, 0.25) is 0 Å². The molecule has 0 atom stereocenters. The Bertz CT molecular complexity index is 1130. The molecule has 2 fully saturated rings. The van der Waals surface area contributed by atoms with Crippen LogP contribution < -0.4 is 5.56 Å². The van der Waals surface area contributed by atoms with E-state index < -0.39 is 0 Å². The van der Waals surface area contributed by atoms with Gasteiger partial charge in [0.15, 0.2) is 0 Å². The summed E-state index contributed by atoms with van der Waals surface area (Å²) in [6, 6.07) is 8.61. The van der Waals surface area contributed by atoms with Crippen molar-refractivity contribution in [2.45, 2.75) is 44.7 Å². The predicted molar refractivity (Wildman–Crippen MR) is 118 cm³/mol. The van der Waals surface area contributed by atoms with Gasteiger partial charge in [-0.3, -0.25) is 14.5 Å². The molecule has 2 aromatic heterocycles. The maximum atomic E-state index is 13.1. The van der Waals surface area contributed by atoms with Crippen molar-refractivity contribution in [3.8, 4) is 0 Å². The van der Waals surface area contributed by atoms with Gasteiger partial charge >= 0.3 is 0 Å². The zero-order valence-corrected chi connectivity index (χ0v) is 17.6. The van der Waals surface area contributed by atoms with Gasteiger partial charge in [0, 0.05) is 55.6 Å². The van der Waals surface area contributed by atoms with Crippen LogP contribution in [0.1, 0.15) is 32.1 Å². The Balaban J connectivity index is 1.32. The zero-order chi connectivity index (χ0) is 20.7. The van der Waals surface area contributed by atoms with Crippen LogP contribution in [0.25, 0.3) is 21.8 Å². The summed E-state index contributed by atoms with van der Waals surface area (Å²) in [6.45, 7) is 3.34. The normalized spacial score (nSPS) is 19.0. The van der Waals surface area contributed by atoms with Crippen LogP contribution in [0, 0.1) is 0 Å². The van der Waals surface area contributed by atoms with Gasteiger partial charge in [-0.25, -0.2) is 4.68 Å². The van der Waals surface area contributed by atoms with Crippen molar-refractivity contribution < 1.29 is 4.79 Å². The van der Waals surface area contributed by atoms with Crippen LogP contribution in [0.15, 0.2) is 35.3 Å². The largest absolute Gasteiger partial charge is 0.339 e. The van der Waals surface area contributed by atoms with Crippen molar-refractivity contribution in [3.63, 3.8) is 0 Å². The van der Waals surface area contributed by atoms with Gasteiger partial charge in [-0.05, 0) is 18.9 Å². The average Bonchev–Trinajstić information content (AvgIpc) is 3.09. The van der Waals surface area contributed by atoms with E-state index in [1.165, 1.54) is 36.8 Å². The highest BCUT2D eigenvalue weighted by atomic mass is 16.2. The van der Waals surface area contributed by atoms with E-state index in [-0.39, 0.29) is 18.0 Å². The number of nitrogens with zero attached hydrogens (tertiary/aromatic N) is 5. The number of benzene rings is 1. The second-order valence-electron chi connectivity index (χ2n) is 8.65. The molecule has 2 aliphatic rings. The summed E-state index contributed by atoms with van der Waals surface area (Å²) in [5.41, 5.74) is 1.39. The number of aromatic nitrogens is 3. The standard InChI is InChI=1S/C23H29N5O2/c1-25-20-10-6-5-9-18(20)19-15-24-28(23(30)22(19)25)16-21(29)27-13-11-26(12-14-27)17-7-3-2-4-8-17/h5-6,9-10,15,17H,2-4,7-8,11-14,16H2,1H3. The third-order valence-corrected chi connectivity index (χ3v) is 6.95. The summed E-state index contributed by atoms with van der Waals surface area (Å²) >= 11 is 0. The number of hydrogen-bond acceptors (Lipinski definition) is 4.